The molecule has 0 amide bonds. The maximum Gasteiger partial charge on any atom is 0.124 e. The molecule has 2 aromatic heterocycles. The number of anilines is 3. The molecule has 12 aromatic rings. The third-order valence-corrected chi connectivity index (χ3v) is 13.1. The molecule has 61 heavy (non-hydrogen) atoms. The number of fused-ring (bicyclic) bond motifs is 8. The van der Waals surface area contributed by atoms with E-state index in [0.717, 1.165) is 44.4 Å². The van der Waals surface area contributed by atoms with Crippen molar-refractivity contribution in [2.45, 2.75) is 0 Å². The fourth-order valence-corrected chi connectivity index (χ4v) is 10.2. The summed E-state index contributed by atoms with van der Waals surface area (Å²) in [5.74, 6) is 0. The molecule has 0 saturated carbocycles. The smallest absolute Gasteiger partial charge is 0.124 e. The lowest BCUT2D eigenvalue weighted by Gasteiger charge is -2.26. The Morgan fingerprint density at radius 3 is 1.69 bits per heavy atom. The molecule has 0 aliphatic heterocycles. The first kappa shape index (κ1) is 35.2. The third-order valence-electron chi connectivity index (χ3n) is 12.0. The van der Waals surface area contributed by atoms with Crippen LogP contribution in [0, 0.1) is 0 Å². The second-order valence-corrected chi connectivity index (χ2v) is 16.6. The van der Waals surface area contributed by atoms with Crippen LogP contribution >= 0.6 is 11.3 Å². The fourth-order valence-electron chi connectivity index (χ4n) is 9.12. The summed E-state index contributed by atoms with van der Waals surface area (Å²) >= 11 is 1.77. The highest BCUT2D eigenvalue weighted by Crippen LogP contribution is 2.44. The van der Waals surface area contributed by atoms with Crippen LogP contribution in [0.4, 0.5) is 17.1 Å². The molecule has 4 heteroatoms. The molecule has 10 aromatic carbocycles. The molecule has 0 saturated heterocycles. The number of hydrogen-bond acceptors (Lipinski definition) is 3. The van der Waals surface area contributed by atoms with E-state index >= 15 is 0 Å². The highest BCUT2D eigenvalue weighted by Gasteiger charge is 2.20. The van der Waals surface area contributed by atoms with E-state index in [0.29, 0.717) is 0 Å². The van der Waals surface area contributed by atoms with E-state index in [2.05, 4.69) is 234 Å². The van der Waals surface area contributed by atoms with Crippen molar-refractivity contribution in [1.82, 2.24) is 9.55 Å². The Balaban J connectivity index is 1.02. The minimum absolute atomic E-state index is 1.03. The number of aromatic nitrogens is 2. The van der Waals surface area contributed by atoms with E-state index in [4.69, 9.17) is 4.98 Å². The Labute approximate surface area is 357 Å². The molecule has 0 atom stereocenters. The second kappa shape index (κ2) is 14.5. The predicted octanol–water partition coefficient (Wildman–Crippen LogP) is 16.2. The van der Waals surface area contributed by atoms with Crippen LogP contribution in [0.1, 0.15) is 0 Å². The van der Waals surface area contributed by atoms with Crippen molar-refractivity contribution < 1.29 is 0 Å². The van der Waals surface area contributed by atoms with Gasteiger partial charge in [0, 0.05) is 49.9 Å². The number of rotatable bonds is 7. The van der Waals surface area contributed by atoms with Crippen molar-refractivity contribution in [2.75, 3.05) is 4.90 Å². The number of nitrogens with zero attached hydrogens (tertiary/aromatic N) is 3. The first-order chi connectivity index (χ1) is 30.2. The second-order valence-electron chi connectivity index (χ2n) is 15.6. The van der Waals surface area contributed by atoms with Crippen LogP contribution in [0.2, 0.25) is 0 Å². The van der Waals surface area contributed by atoms with Gasteiger partial charge >= 0.3 is 0 Å². The summed E-state index contributed by atoms with van der Waals surface area (Å²) in [5.41, 5.74) is 13.7. The molecular weight excluding hydrogens is 759 g/mol. The summed E-state index contributed by atoms with van der Waals surface area (Å²) in [6.45, 7) is 0. The minimum Gasteiger partial charge on any atom is -0.310 e. The van der Waals surface area contributed by atoms with Crippen molar-refractivity contribution in [2.24, 2.45) is 0 Å². The van der Waals surface area contributed by atoms with Crippen molar-refractivity contribution in [1.29, 1.82) is 0 Å². The molecule has 286 valence electrons. The summed E-state index contributed by atoms with van der Waals surface area (Å²) in [5, 5.41) is 8.41. The van der Waals surface area contributed by atoms with E-state index in [1.807, 2.05) is 0 Å². The number of hydrogen-bond donors (Lipinski definition) is 0. The van der Waals surface area contributed by atoms with Gasteiger partial charge in [-0.15, -0.1) is 11.3 Å². The molecule has 0 radical (unpaired) electrons. The van der Waals surface area contributed by atoms with Gasteiger partial charge in [0.2, 0.25) is 0 Å². The molecular formula is C57H37N3S. The van der Waals surface area contributed by atoms with Gasteiger partial charge in [0.25, 0.3) is 0 Å². The van der Waals surface area contributed by atoms with Crippen LogP contribution in [-0.2, 0) is 0 Å². The van der Waals surface area contributed by atoms with E-state index in [1.54, 1.807) is 11.3 Å². The van der Waals surface area contributed by atoms with E-state index in [9.17, 15) is 0 Å². The van der Waals surface area contributed by atoms with E-state index < -0.39 is 0 Å². The Kier molecular flexibility index (Phi) is 8.36. The van der Waals surface area contributed by atoms with Crippen LogP contribution in [0.25, 0.3) is 92.1 Å². The molecule has 0 aliphatic rings. The van der Waals surface area contributed by atoms with Gasteiger partial charge in [0.15, 0.2) is 0 Å². The van der Waals surface area contributed by atoms with Crippen LogP contribution in [-0.4, -0.2) is 9.55 Å². The van der Waals surface area contributed by atoms with Crippen molar-refractivity contribution in [3.63, 3.8) is 0 Å². The third kappa shape index (κ3) is 5.99. The van der Waals surface area contributed by atoms with Gasteiger partial charge in [-0.3, -0.25) is 0 Å². The number of benzene rings is 10. The minimum atomic E-state index is 1.03. The highest BCUT2D eigenvalue weighted by atomic mass is 32.1. The van der Waals surface area contributed by atoms with Crippen LogP contribution < -0.4 is 4.90 Å². The first-order valence-electron chi connectivity index (χ1n) is 20.7. The zero-order chi connectivity index (χ0) is 40.3. The van der Waals surface area contributed by atoms with Crippen molar-refractivity contribution in [3.8, 4) is 38.5 Å². The summed E-state index contributed by atoms with van der Waals surface area (Å²) in [6.07, 6.45) is 0. The normalized spacial score (nSPS) is 11.6. The average Bonchev–Trinajstić information content (AvgIpc) is 3.93. The molecule has 0 fully saturated rings. The molecule has 2 heterocycles. The van der Waals surface area contributed by atoms with Crippen molar-refractivity contribution in [3.05, 3.63) is 224 Å². The van der Waals surface area contributed by atoms with Gasteiger partial charge in [0.1, 0.15) is 5.01 Å². The van der Waals surface area contributed by atoms with Crippen molar-refractivity contribution >= 4 is 82.0 Å². The molecule has 0 spiro atoms. The SMILES string of the molecule is c1ccc(-c2ccc(N(c3ccc(-c4cc5nc(-c6ccccc6)sc5c5ccccc45)cc3)c3ccc4c(c3)c3ccc5ccccc5c3n4-c3ccccc3)cc2)cc1. The zero-order valence-corrected chi connectivity index (χ0v) is 33.9. The van der Waals surface area contributed by atoms with Gasteiger partial charge in [-0.05, 0) is 93.7 Å². The van der Waals surface area contributed by atoms with E-state index in [1.165, 1.54) is 64.7 Å². The standard InChI is InChI=1S/C57H37N3S/c1-4-14-38(15-5-1)39-24-29-44(30-25-39)59(46-33-35-54-52(36-46)49-34-28-40-16-10-11-21-47(40)55(49)60(54)43-19-8-3-9-20-43)45-31-26-41(27-32-45)51-37-53-56(50-23-13-12-22-48(50)51)61-57(58-53)42-17-6-2-7-18-42/h1-37H. The topological polar surface area (TPSA) is 21.1 Å². The lowest BCUT2D eigenvalue weighted by molar-refractivity contribution is 1.18. The Hall–Kier alpha value is -7.79. The van der Waals surface area contributed by atoms with Gasteiger partial charge in [-0.2, -0.15) is 0 Å². The molecule has 0 aliphatic carbocycles. The lowest BCUT2D eigenvalue weighted by atomic mass is 9.97. The molecule has 0 bridgehead atoms. The van der Waals surface area contributed by atoms with Crippen LogP contribution in [0.5, 0.6) is 0 Å². The summed E-state index contributed by atoms with van der Waals surface area (Å²) in [4.78, 5) is 7.55. The van der Waals surface area contributed by atoms with Gasteiger partial charge in [-0.25, -0.2) is 4.98 Å². The molecule has 12 rings (SSSR count). The lowest BCUT2D eigenvalue weighted by Crippen LogP contribution is -2.10. The zero-order valence-electron chi connectivity index (χ0n) is 33.1. The quantitative estimate of drug-likeness (QED) is 0.160. The summed E-state index contributed by atoms with van der Waals surface area (Å²) in [7, 11) is 0. The Morgan fingerprint density at radius 2 is 0.967 bits per heavy atom. The first-order valence-corrected chi connectivity index (χ1v) is 21.5. The fraction of sp³-hybridized carbons (Fsp3) is 0. The molecule has 3 nitrogen and oxygen atoms in total. The molecule has 0 N–H and O–H groups in total. The van der Waals surface area contributed by atoms with Gasteiger partial charge < -0.3 is 9.47 Å². The van der Waals surface area contributed by atoms with Crippen LogP contribution in [0.15, 0.2) is 224 Å². The van der Waals surface area contributed by atoms with Gasteiger partial charge in [-0.1, -0.05) is 164 Å². The summed E-state index contributed by atoms with van der Waals surface area (Å²) in [6, 6.07) is 81.1. The number of thiazole rings is 1. The van der Waals surface area contributed by atoms with Crippen LogP contribution in [0.3, 0.4) is 0 Å². The highest BCUT2D eigenvalue weighted by molar-refractivity contribution is 7.22. The largest absolute Gasteiger partial charge is 0.310 e. The predicted molar refractivity (Wildman–Crippen MR) is 260 cm³/mol. The number of para-hydroxylation sites is 1. The maximum atomic E-state index is 5.17. The average molecular weight is 796 g/mol. The maximum absolute atomic E-state index is 5.17. The van der Waals surface area contributed by atoms with E-state index in [-0.39, 0.29) is 0 Å². The summed E-state index contributed by atoms with van der Waals surface area (Å²) < 4.78 is 3.65. The monoisotopic (exact) mass is 795 g/mol. The Bertz CT molecular complexity index is 3550. The molecule has 0 unspecified atom stereocenters. The van der Waals surface area contributed by atoms with Gasteiger partial charge in [0.05, 0.1) is 21.3 Å². The Morgan fingerprint density at radius 1 is 0.393 bits per heavy atom.